The maximum absolute atomic E-state index is 11.8. The molecule has 1 amide bonds. The molecule has 0 radical (unpaired) electrons. The van der Waals surface area contributed by atoms with E-state index in [1.807, 2.05) is 0 Å². The maximum atomic E-state index is 11.8. The van der Waals surface area contributed by atoms with Gasteiger partial charge in [-0.05, 0) is 37.0 Å². The second-order valence-corrected chi connectivity index (χ2v) is 4.93. The summed E-state index contributed by atoms with van der Waals surface area (Å²) in [5.74, 6) is 0. The first-order valence-corrected chi connectivity index (χ1v) is 7.19. The topological polar surface area (TPSA) is 102 Å². The maximum Gasteiger partial charge on any atom is 0.409 e. The first-order chi connectivity index (χ1) is 11.0. The third kappa shape index (κ3) is 7.19. The Hall–Kier alpha value is -2.73. The third-order valence-corrected chi connectivity index (χ3v) is 3.15. The van der Waals surface area contributed by atoms with E-state index in [1.165, 1.54) is 23.1 Å². The fourth-order valence-electron chi connectivity index (χ4n) is 1.82. The molecular formula is C15H19N3O5. The fraction of sp³-hybridized carbons (Fsp3) is 0.467. The van der Waals surface area contributed by atoms with E-state index in [2.05, 4.69) is 4.99 Å². The highest BCUT2D eigenvalue weighted by atomic mass is 16.6. The van der Waals surface area contributed by atoms with Gasteiger partial charge < -0.3 is 9.64 Å². The van der Waals surface area contributed by atoms with Crippen LogP contribution in [0.15, 0.2) is 29.3 Å². The Labute approximate surface area is 133 Å². The van der Waals surface area contributed by atoms with Crippen molar-refractivity contribution in [3.63, 3.8) is 0 Å². The van der Waals surface area contributed by atoms with Crippen molar-refractivity contribution in [2.45, 2.75) is 25.9 Å². The molecule has 0 aliphatic rings. The molecule has 0 bridgehead atoms. The van der Waals surface area contributed by atoms with E-state index in [0.29, 0.717) is 18.7 Å². The summed E-state index contributed by atoms with van der Waals surface area (Å²) < 4.78 is 5.13. The summed E-state index contributed by atoms with van der Waals surface area (Å²) >= 11 is 0. The number of carbonyl (C=O) groups excluding carboxylic acids is 2. The Bertz CT molecular complexity index is 567. The molecular weight excluding hydrogens is 302 g/mol. The van der Waals surface area contributed by atoms with Crippen LogP contribution in [0, 0.1) is 10.1 Å². The Morgan fingerprint density at radius 2 is 2.00 bits per heavy atom. The molecule has 8 heteroatoms. The fourth-order valence-corrected chi connectivity index (χ4v) is 1.82. The average Bonchev–Trinajstić information content (AvgIpc) is 2.55. The molecule has 0 unspecified atom stereocenters. The lowest BCUT2D eigenvalue weighted by Crippen LogP contribution is -2.28. The van der Waals surface area contributed by atoms with Crippen molar-refractivity contribution < 1.29 is 19.2 Å². The van der Waals surface area contributed by atoms with Gasteiger partial charge >= 0.3 is 6.09 Å². The first-order valence-electron chi connectivity index (χ1n) is 7.19. The van der Waals surface area contributed by atoms with Crippen LogP contribution in [0.3, 0.4) is 0 Å². The van der Waals surface area contributed by atoms with E-state index in [1.54, 1.807) is 19.2 Å². The molecule has 0 spiro atoms. The van der Waals surface area contributed by atoms with Gasteiger partial charge in [-0.3, -0.25) is 10.1 Å². The normalized spacial score (nSPS) is 9.78. The van der Waals surface area contributed by atoms with Crippen molar-refractivity contribution in [2.24, 2.45) is 4.99 Å². The number of non-ortho nitro benzene ring substituents is 1. The number of hydrogen-bond acceptors (Lipinski definition) is 6. The molecule has 1 aromatic rings. The number of carbonyl (C=O) groups is 1. The number of isocyanates is 1. The van der Waals surface area contributed by atoms with Crippen LogP contribution in [0.1, 0.15) is 24.8 Å². The summed E-state index contributed by atoms with van der Waals surface area (Å²) in [6, 6.07) is 5.85. The van der Waals surface area contributed by atoms with Crippen molar-refractivity contribution >= 4 is 17.9 Å². The number of nitrogens with zero attached hydrogens (tertiary/aromatic N) is 3. The third-order valence-electron chi connectivity index (χ3n) is 3.15. The van der Waals surface area contributed by atoms with E-state index in [0.717, 1.165) is 19.3 Å². The van der Waals surface area contributed by atoms with Crippen molar-refractivity contribution in [1.29, 1.82) is 0 Å². The van der Waals surface area contributed by atoms with Crippen LogP contribution in [0.5, 0.6) is 0 Å². The summed E-state index contributed by atoms with van der Waals surface area (Å²) in [6.07, 6.45) is 3.45. The summed E-state index contributed by atoms with van der Waals surface area (Å²) in [4.78, 5) is 36.6. The molecule has 0 saturated heterocycles. The molecule has 0 aliphatic carbocycles. The van der Waals surface area contributed by atoms with Gasteiger partial charge in [0.25, 0.3) is 5.69 Å². The van der Waals surface area contributed by atoms with Crippen LogP contribution in [0.2, 0.25) is 0 Å². The SMILES string of the molecule is CN(CCCCCN=C=O)C(=O)OCc1ccc([N+](=O)[O-])cc1. The molecule has 1 rings (SSSR count). The zero-order valence-corrected chi connectivity index (χ0v) is 12.9. The predicted octanol–water partition coefficient (Wildman–Crippen LogP) is 2.67. The highest BCUT2D eigenvalue weighted by Crippen LogP contribution is 2.13. The number of unbranched alkanes of at least 4 members (excludes halogenated alkanes) is 2. The first kappa shape index (κ1) is 18.3. The van der Waals surface area contributed by atoms with Gasteiger partial charge in [-0.15, -0.1) is 0 Å². The second kappa shape index (κ2) is 10.1. The lowest BCUT2D eigenvalue weighted by atomic mass is 10.2. The van der Waals surface area contributed by atoms with Crippen LogP contribution >= 0.6 is 0 Å². The van der Waals surface area contributed by atoms with Gasteiger partial charge in [0.1, 0.15) is 6.61 Å². The van der Waals surface area contributed by atoms with Gasteiger partial charge in [0.2, 0.25) is 6.08 Å². The lowest BCUT2D eigenvalue weighted by Gasteiger charge is -2.16. The van der Waals surface area contributed by atoms with Gasteiger partial charge in [-0.2, -0.15) is 0 Å². The van der Waals surface area contributed by atoms with E-state index in [-0.39, 0.29) is 12.3 Å². The van der Waals surface area contributed by atoms with Crippen molar-refractivity contribution in [2.75, 3.05) is 20.1 Å². The summed E-state index contributed by atoms with van der Waals surface area (Å²) in [5, 5.41) is 10.5. The highest BCUT2D eigenvalue weighted by molar-refractivity contribution is 5.67. The summed E-state index contributed by atoms with van der Waals surface area (Å²) in [7, 11) is 1.64. The van der Waals surface area contributed by atoms with Gasteiger partial charge in [-0.1, -0.05) is 0 Å². The monoisotopic (exact) mass is 321 g/mol. The van der Waals surface area contributed by atoms with Crippen LogP contribution in [-0.4, -0.2) is 42.1 Å². The van der Waals surface area contributed by atoms with Crippen molar-refractivity contribution in [1.82, 2.24) is 4.90 Å². The van der Waals surface area contributed by atoms with Crippen LogP contribution in [-0.2, 0) is 16.1 Å². The number of nitro groups is 1. The Morgan fingerprint density at radius 3 is 2.61 bits per heavy atom. The molecule has 0 saturated carbocycles. The quantitative estimate of drug-likeness (QED) is 0.229. The Balaban J connectivity index is 2.26. The largest absolute Gasteiger partial charge is 0.445 e. The van der Waals surface area contributed by atoms with E-state index in [4.69, 9.17) is 4.74 Å². The van der Waals surface area contributed by atoms with Gasteiger partial charge in [-0.25, -0.2) is 14.6 Å². The molecule has 0 N–H and O–H groups in total. The number of rotatable bonds is 9. The van der Waals surface area contributed by atoms with Gasteiger partial charge in [0.15, 0.2) is 0 Å². The molecule has 0 heterocycles. The molecule has 23 heavy (non-hydrogen) atoms. The summed E-state index contributed by atoms with van der Waals surface area (Å²) in [6.45, 7) is 1.07. The lowest BCUT2D eigenvalue weighted by molar-refractivity contribution is -0.384. The van der Waals surface area contributed by atoms with Gasteiger partial charge in [0.05, 0.1) is 11.5 Å². The Morgan fingerprint density at radius 1 is 1.30 bits per heavy atom. The number of ether oxygens (including phenoxy) is 1. The Kier molecular flexibility index (Phi) is 8.02. The zero-order valence-electron chi connectivity index (χ0n) is 12.9. The minimum atomic E-state index is -0.482. The average molecular weight is 321 g/mol. The highest BCUT2D eigenvalue weighted by Gasteiger charge is 2.10. The summed E-state index contributed by atoms with van der Waals surface area (Å²) in [5.41, 5.74) is 0.681. The molecule has 0 atom stereocenters. The molecule has 0 aliphatic heterocycles. The zero-order chi connectivity index (χ0) is 17.1. The van der Waals surface area contributed by atoms with Crippen LogP contribution in [0.4, 0.5) is 10.5 Å². The second-order valence-electron chi connectivity index (χ2n) is 4.93. The van der Waals surface area contributed by atoms with E-state index in [9.17, 15) is 19.7 Å². The number of hydrogen-bond donors (Lipinski definition) is 0. The molecule has 124 valence electrons. The minimum absolute atomic E-state index is 0.00360. The number of aliphatic imine (C=N–C) groups is 1. The van der Waals surface area contributed by atoms with Crippen molar-refractivity contribution in [3.8, 4) is 0 Å². The minimum Gasteiger partial charge on any atom is -0.445 e. The van der Waals surface area contributed by atoms with Crippen molar-refractivity contribution in [3.05, 3.63) is 39.9 Å². The number of benzene rings is 1. The molecule has 1 aromatic carbocycles. The number of amides is 1. The van der Waals surface area contributed by atoms with Crippen LogP contribution < -0.4 is 0 Å². The van der Waals surface area contributed by atoms with Crippen LogP contribution in [0.25, 0.3) is 0 Å². The standard InChI is InChI=1S/C15H19N3O5/c1-17(10-4-2-3-9-16-12-19)15(20)23-11-13-5-7-14(8-6-13)18(21)22/h5-8H,2-4,9-11H2,1H3. The van der Waals surface area contributed by atoms with E-state index >= 15 is 0 Å². The van der Waals surface area contributed by atoms with Gasteiger partial charge in [0, 0.05) is 25.7 Å². The molecule has 0 aromatic heterocycles. The number of nitro benzene ring substituents is 1. The molecule has 8 nitrogen and oxygen atoms in total. The molecule has 0 fully saturated rings. The predicted molar refractivity (Wildman–Crippen MR) is 82.8 cm³/mol. The van der Waals surface area contributed by atoms with E-state index < -0.39 is 11.0 Å². The smallest absolute Gasteiger partial charge is 0.409 e.